The lowest BCUT2D eigenvalue weighted by Crippen LogP contribution is -2.37. The number of hydrogen-bond acceptors (Lipinski definition) is 2. The maximum Gasteiger partial charge on any atom is 0.0366 e. The van der Waals surface area contributed by atoms with Crippen LogP contribution in [-0.4, -0.2) is 19.6 Å². The zero-order valence-electron chi connectivity index (χ0n) is 11.5. The minimum absolute atomic E-state index is 0.733. The third kappa shape index (κ3) is 3.26. The maximum absolute atomic E-state index is 5.93. The summed E-state index contributed by atoms with van der Waals surface area (Å²) in [7, 11) is 0. The minimum atomic E-state index is 0.733. The standard InChI is InChI=1S/C16H26N2/c1-2-18(16-10-4-3-5-11-16)13-15-9-7-6-8-14(15)12-17/h3-5,10-11,14-15H,2,6-9,12-13,17H2,1H3. The summed E-state index contributed by atoms with van der Waals surface area (Å²) in [5, 5.41) is 0. The van der Waals surface area contributed by atoms with Gasteiger partial charge in [0.15, 0.2) is 0 Å². The summed E-state index contributed by atoms with van der Waals surface area (Å²) in [5.74, 6) is 1.51. The molecule has 1 aromatic carbocycles. The molecule has 1 aliphatic carbocycles. The molecule has 2 nitrogen and oxygen atoms in total. The van der Waals surface area contributed by atoms with Crippen molar-refractivity contribution >= 4 is 5.69 Å². The summed E-state index contributed by atoms with van der Waals surface area (Å²) in [6, 6.07) is 10.8. The van der Waals surface area contributed by atoms with Gasteiger partial charge in [-0.25, -0.2) is 0 Å². The van der Waals surface area contributed by atoms with Gasteiger partial charge in [0.25, 0.3) is 0 Å². The average molecular weight is 246 g/mol. The van der Waals surface area contributed by atoms with Crippen LogP contribution < -0.4 is 10.6 Å². The van der Waals surface area contributed by atoms with E-state index in [1.54, 1.807) is 0 Å². The molecule has 0 radical (unpaired) electrons. The highest BCUT2D eigenvalue weighted by Crippen LogP contribution is 2.31. The predicted octanol–water partition coefficient (Wildman–Crippen LogP) is 3.28. The average Bonchev–Trinajstić information content (AvgIpc) is 2.46. The molecule has 2 unspecified atom stereocenters. The first kappa shape index (κ1) is 13.4. The lowest BCUT2D eigenvalue weighted by molar-refractivity contribution is 0.246. The van der Waals surface area contributed by atoms with Crippen LogP contribution in [0.1, 0.15) is 32.6 Å². The summed E-state index contributed by atoms with van der Waals surface area (Å²) >= 11 is 0. The van der Waals surface area contributed by atoms with E-state index < -0.39 is 0 Å². The Hall–Kier alpha value is -1.02. The first-order valence-corrected chi connectivity index (χ1v) is 7.35. The van der Waals surface area contributed by atoms with Gasteiger partial charge in [0.05, 0.1) is 0 Å². The summed E-state index contributed by atoms with van der Waals surface area (Å²) in [5.41, 5.74) is 7.28. The van der Waals surface area contributed by atoms with Gasteiger partial charge in [0, 0.05) is 18.8 Å². The lowest BCUT2D eigenvalue weighted by atomic mass is 9.79. The molecule has 2 N–H and O–H groups in total. The van der Waals surface area contributed by atoms with Crippen LogP contribution in [0.4, 0.5) is 5.69 Å². The Morgan fingerprint density at radius 3 is 2.39 bits per heavy atom. The quantitative estimate of drug-likeness (QED) is 0.864. The van der Waals surface area contributed by atoms with E-state index in [0.29, 0.717) is 0 Å². The fourth-order valence-corrected chi connectivity index (χ4v) is 3.17. The molecule has 2 heteroatoms. The Labute approximate surface area is 111 Å². The van der Waals surface area contributed by atoms with E-state index in [-0.39, 0.29) is 0 Å². The van der Waals surface area contributed by atoms with Gasteiger partial charge in [0.2, 0.25) is 0 Å². The van der Waals surface area contributed by atoms with Gasteiger partial charge in [-0.15, -0.1) is 0 Å². The van der Waals surface area contributed by atoms with Crippen LogP contribution in [0, 0.1) is 11.8 Å². The Morgan fingerprint density at radius 1 is 1.11 bits per heavy atom. The molecule has 0 saturated heterocycles. The summed E-state index contributed by atoms with van der Waals surface area (Å²) < 4.78 is 0. The van der Waals surface area contributed by atoms with Crippen molar-refractivity contribution in [1.82, 2.24) is 0 Å². The SMILES string of the molecule is CCN(CC1CCCCC1CN)c1ccccc1. The van der Waals surface area contributed by atoms with E-state index in [0.717, 1.165) is 24.9 Å². The number of nitrogens with two attached hydrogens (primary N) is 1. The van der Waals surface area contributed by atoms with Crippen LogP contribution in [0.2, 0.25) is 0 Å². The molecule has 18 heavy (non-hydrogen) atoms. The van der Waals surface area contributed by atoms with Gasteiger partial charge >= 0.3 is 0 Å². The summed E-state index contributed by atoms with van der Waals surface area (Å²) in [4.78, 5) is 2.50. The first-order chi connectivity index (χ1) is 8.85. The second-order valence-electron chi connectivity index (χ2n) is 5.41. The van der Waals surface area contributed by atoms with Crippen molar-refractivity contribution in [3.05, 3.63) is 30.3 Å². The Morgan fingerprint density at radius 2 is 1.78 bits per heavy atom. The van der Waals surface area contributed by atoms with E-state index in [2.05, 4.69) is 42.2 Å². The van der Waals surface area contributed by atoms with Gasteiger partial charge < -0.3 is 10.6 Å². The van der Waals surface area contributed by atoms with Crippen LogP contribution in [0.15, 0.2) is 30.3 Å². The molecule has 0 bridgehead atoms. The number of benzene rings is 1. The monoisotopic (exact) mass is 246 g/mol. The molecule has 2 rings (SSSR count). The molecule has 1 saturated carbocycles. The van der Waals surface area contributed by atoms with Gasteiger partial charge in [-0.1, -0.05) is 31.0 Å². The molecule has 0 amide bonds. The predicted molar refractivity (Wildman–Crippen MR) is 78.8 cm³/mol. The fraction of sp³-hybridized carbons (Fsp3) is 0.625. The van der Waals surface area contributed by atoms with Gasteiger partial charge in [0.1, 0.15) is 0 Å². The molecular weight excluding hydrogens is 220 g/mol. The summed E-state index contributed by atoms with van der Waals surface area (Å²) in [6.07, 6.45) is 5.43. The Bertz CT molecular complexity index is 336. The van der Waals surface area contributed by atoms with Gasteiger partial charge in [-0.3, -0.25) is 0 Å². The van der Waals surface area contributed by atoms with E-state index >= 15 is 0 Å². The lowest BCUT2D eigenvalue weighted by Gasteiger charge is -2.35. The third-order valence-corrected chi connectivity index (χ3v) is 4.33. The van der Waals surface area contributed by atoms with Crippen LogP contribution in [0.25, 0.3) is 0 Å². The zero-order chi connectivity index (χ0) is 12.8. The van der Waals surface area contributed by atoms with Crippen molar-refractivity contribution in [3.8, 4) is 0 Å². The molecule has 1 aliphatic rings. The number of nitrogens with zero attached hydrogens (tertiary/aromatic N) is 1. The van der Waals surface area contributed by atoms with Gasteiger partial charge in [-0.2, -0.15) is 0 Å². The Kier molecular flexibility index (Phi) is 5.06. The van der Waals surface area contributed by atoms with Crippen molar-refractivity contribution in [3.63, 3.8) is 0 Å². The molecule has 100 valence electrons. The molecule has 0 spiro atoms. The first-order valence-electron chi connectivity index (χ1n) is 7.35. The van der Waals surface area contributed by atoms with Crippen LogP contribution in [0.3, 0.4) is 0 Å². The van der Waals surface area contributed by atoms with Crippen molar-refractivity contribution in [2.24, 2.45) is 17.6 Å². The highest BCUT2D eigenvalue weighted by molar-refractivity contribution is 5.45. The normalized spacial score (nSPS) is 23.9. The van der Waals surface area contributed by atoms with Crippen molar-refractivity contribution in [1.29, 1.82) is 0 Å². The molecule has 2 atom stereocenters. The van der Waals surface area contributed by atoms with Gasteiger partial charge in [-0.05, 0) is 50.3 Å². The van der Waals surface area contributed by atoms with Crippen molar-refractivity contribution < 1.29 is 0 Å². The Balaban J connectivity index is 2.01. The highest BCUT2D eigenvalue weighted by atomic mass is 15.1. The molecule has 1 aromatic rings. The van der Waals surface area contributed by atoms with Crippen molar-refractivity contribution in [2.45, 2.75) is 32.6 Å². The smallest absolute Gasteiger partial charge is 0.0366 e. The number of para-hydroxylation sites is 1. The van der Waals surface area contributed by atoms with Crippen LogP contribution in [0.5, 0.6) is 0 Å². The molecular formula is C16H26N2. The highest BCUT2D eigenvalue weighted by Gasteiger charge is 2.25. The second kappa shape index (κ2) is 6.79. The summed E-state index contributed by atoms with van der Waals surface area (Å²) in [6.45, 7) is 5.35. The second-order valence-corrected chi connectivity index (χ2v) is 5.41. The molecule has 0 aliphatic heterocycles. The molecule has 0 aromatic heterocycles. The third-order valence-electron chi connectivity index (χ3n) is 4.33. The van der Waals surface area contributed by atoms with Crippen LogP contribution >= 0.6 is 0 Å². The zero-order valence-corrected chi connectivity index (χ0v) is 11.5. The van der Waals surface area contributed by atoms with Crippen molar-refractivity contribution in [2.75, 3.05) is 24.5 Å². The minimum Gasteiger partial charge on any atom is -0.372 e. The maximum atomic E-state index is 5.93. The number of rotatable bonds is 5. The van der Waals surface area contributed by atoms with E-state index in [1.807, 2.05) is 0 Å². The van der Waals surface area contributed by atoms with E-state index in [1.165, 1.54) is 37.9 Å². The van der Waals surface area contributed by atoms with Crippen LogP contribution in [-0.2, 0) is 0 Å². The van der Waals surface area contributed by atoms with E-state index in [9.17, 15) is 0 Å². The molecule has 1 fully saturated rings. The fourth-order valence-electron chi connectivity index (χ4n) is 3.17. The largest absolute Gasteiger partial charge is 0.372 e. The number of hydrogen-bond donors (Lipinski definition) is 1. The van der Waals surface area contributed by atoms with E-state index in [4.69, 9.17) is 5.73 Å². The topological polar surface area (TPSA) is 29.3 Å². The molecule has 0 heterocycles. The number of anilines is 1.